The van der Waals surface area contributed by atoms with Crippen LogP contribution < -0.4 is 0 Å². The highest BCUT2D eigenvalue weighted by atomic mass is 32.1. The van der Waals surface area contributed by atoms with Gasteiger partial charge in [-0.25, -0.2) is 0 Å². The van der Waals surface area contributed by atoms with Crippen molar-refractivity contribution in [2.24, 2.45) is 5.92 Å². The zero-order valence-corrected chi connectivity index (χ0v) is 7.06. The molecule has 1 N–H and O–H groups in total. The summed E-state index contributed by atoms with van der Waals surface area (Å²) < 4.78 is 0. The van der Waals surface area contributed by atoms with E-state index in [0.717, 1.165) is 18.6 Å². The van der Waals surface area contributed by atoms with Crippen molar-refractivity contribution in [3.8, 4) is 0 Å². The molecule has 9 heavy (non-hydrogen) atoms. The van der Waals surface area contributed by atoms with Gasteiger partial charge in [0.2, 0.25) is 0 Å². The van der Waals surface area contributed by atoms with Gasteiger partial charge in [-0.1, -0.05) is 13.8 Å². The SMILES string of the molecule is CC(C)CC(O)CCS. The molecule has 0 aromatic rings. The van der Waals surface area contributed by atoms with Gasteiger partial charge < -0.3 is 5.11 Å². The molecule has 2 heteroatoms. The van der Waals surface area contributed by atoms with Gasteiger partial charge in [0.05, 0.1) is 6.10 Å². The molecular weight excluding hydrogens is 132 g/mol. The highest BCUT2D eigenvalue weighted by Gasteiger charge is 2.04. The lowest BCUT2D eigenvalue weighted by atomic mass is 10.0. The Bertz CT molecular complexity index is 63.9. The minimum absolute atomic E-state index is 0.137. The summed E-state index contributed by atoms with van der Waals surface area (Å²) in [6, 6.07) is 0. The molecule has 0 aliphatic rings. The quantitative estimate of drug-likeness (QED) is 0.582. The minimum atomic E-state index is -0.137. The Morgan fingerprint density at radius 1 is 1.44 bits per heavy atom. The van der Waals surface area contributed by atoms with Gasteiger partial charge in [0.15, 0.2) is 0 Å². The summed E-state index contributed by atoms with van der Waals surface area (Å²) in [6.07, 6.45) is 1.59. The molecule has 0 aromatic carbocycles. The van der Waals surface area contributed by atoms with Crippen molar-refractivity contribution in [3.05, 3.63) is 0 Å². The van der Waals surface area contributed by atoms with Gasteiger partial charge in [-0.15, -0.1) is 0 Å². The fourth-order valence-corrected chi connectivity index (χ4v) is 1.11. The van der Waals surface area contributed by atoms with E-state index >= 15 is 0 Å². The number of hydrogen-bond donors (Lipinski definition) is 2. The standard InChI is InChI=1S/C7H16OS/c1-6(2)5-7(8)3-4-9/h6-9H,3-5H2,1-2H3. The average molecular weight is 148 g/mol. The van der Waals surface area contributed by atoms with Crippen molar-refractivity contribution in [1.29, 1.82) is 0 Å². The van der Waals surface area contributed by atoms with E-state index in [1.54, 1.807) is 0 Å². The normalized spacial score (nSPS) is 14.3. The van der Waals surface area contributed by atoms with Crippen LogP contribution in [0, 0.1) is 5.92 Å². The Balaban J connectivity index is 3.15. The summed E-state index contributed by atoms with van der Waals surface area (Å²) in [5.74, 6) is 1.38. The first-order chi connectivity index (χ1) is 4.16. The molecule has 0 aliphatic heterocycles. The Hall–Kier alpha value is 0.310. The summed E-state index contributed by atoms with van der Waals surface area (Å²) in [5.41, 5.74) is 0. The van der Waals surface area contributed by atoms with Crippen molar-refractivity contribution in [2.45, 2.75) is 32.8 Å². The fraction of sp³-hybridized carbons (Fsp3) is 1.00. The van der Waals surface area contributed by atoms with E-state index < -0.39 is 0 Å². The zero-order valence-electron chi connectivity index (χ0n) is 6.17. The van der Waals surface area contributed by atoms with Gasteiger partial charge in [-0.2, -0.15) is 12.6 Å². The lowest BCUT2D eigenvalue weighted by Gasteiger charge is -2.10. The molecule has 0 heterocycles. The van der Waals surface area contributed by atoms with E-state index in [0.29, 0.717) is 5.92 Å². The Morgan fingerprint density at radius 3 is 2.33 bits per heavy atom. The van der Waals surface area contributed by atoms with Crippen LogP contribution in [0.5, 0.6) is 0 Å². The van der Waals surface area contributed by atoms with Crippen LogP contribution in [0.25, 0.3) is 0 Å². The monoisotopic (exact) mass is 148 g/mol. The maximum Gasteiger partial charge on any atom is 0.0550 e. The molecule has 0 fully saturated rings. The van der Waals surface area contributed by atoms with Crippen LogP contribution in [0.15, 0.2) is 0 Å². The van der Waals surface area contributed by atoms with Crippen molar-refractivity contribution < 1.29 is 5.11 Å². The summed E-state index contributed by atoms with van der Waals surface area (Å²) in [6.45, 7) is 4.23. The first-order valence-corrected chi connectivity index (χ1v) is 4.09. The van der Waals surface area contributed by atoms with E-state index in [2.05, 4.69) is 26.5 Å². The summed E-state index contributed by atoms with van der Waals surface area (Å²) >= 11 is 4.02. The summed E-state index contributed by atoms with van der Waals surface area (Å²) in [5, 5.41) is 9.17. The molecule has 0 aliphatic carbocycles. The number of rotatable bonds is 4. The lowest BCUT2D eigenvalue weighted by molar-refractivity contribution is 0.146. The van der Waals surface area contributed by atoms with Gasteiger partial charge in [0.25, 0.3) is 0 Å². The minimum Gasteiger partial charge on any atom is -0.393 e. The third-order valence-corrected chi connectivity index (χ3v) is 1.46. The van der Waals surface area contributed by atoms with Gasteiger partial charge >= 0.3 is 0 Å². The van der Waals surface area contributed by atoms with Gasteiger partial charge in [-0.3, -0.25) is 0 Å². The molecule has 0 bridgehead atoms. The topological polar surface area (TPSA) is 20.2 Å². The zero-order chi connectivity index (χ0) is 7.28. The van der Waals surface area contributed by atoms with Gasteiger partial charge in [-0.05, 0) is 24.5 Å². The van der Waals surface area contributed by atoms with Crippen molar-refractivity contribution in [1.82, 2.24) is 0 Å². The predicted octanol–water partition coefficient (Wildman–Crippen LogP) is 1.71. The molecule has 0 saturated heterocycles. The predicted molar refractivity (Wildman–Crippen MR) is 43.9 cm³/mol. The maximum atomic E-state index is 9.17. The third-order valence-electron chi connectivity index (χ3n) is 1.21. The van der Waals surface area contributed by atoms with E-state index in [-0.39, 0.29) is 6.10 Å². The van der Waals surface area contributed by atoms with Crippen LogP contribution in [0.1, 0.15) is 26.7 Å². The fourth-order valence-electron chi connectivity index (χ4n) is 0.811. The van der Waals surface area contributed by atoms with Crippen LogP contribution in [0.3, 0.4) is 0 Å². The molecule has 0 saturated carbocycles. The largest absolute Gasteiger partial charge is 0.393 e. The maximum absolute atomic E-state index is 9.17. The molecule has 0 radical (unpaired) electrons. The number of hydrogen-bond acceptors (Lipinski definition) is 2. The second kappa shape index (κ2) is 5.12. The van der Waals surface area contributed by atoms with Crippen LogP contribution in [0.2, 0.25) is 0 Å². The van der Waals surface area contributed by atoms with E-state index in [4.69, 9.17) is 0 Å². The van der Waals surface area contributed by atoms with E-state index in [9.17, 15) is 5.11 Å². The molecule has 0 spiro atoms. The summed E-state index contributed by atoms with van der Waals surface area (Å²) in [4.78, 5) is 0. The second-order valence-corrected chi connectivity index (χ2v) is 3.24. The van der Waals surface area contributed by atoms with E-state index in [1.807, 2.05) is 0 Å². The van der Waals surface area contributed by atoms with Crippen molar-refractivity contribution in [2.75, 3.05) is 5.75 Å². The number of aliphatic hydroxyl groups excluding tert-OH is 1. The smallest absolute Gasteiger partial charge is 0.0550 e. The molecule has 0 aromatic heterocycles. The van der Waals surface area contributed by atoms with Crippen LogP contribution in [-0.4, -0.2) is 17.0 Å². The van der Waals surface area contributed by atoms with Crippen molar-refractivity contribution in [3.63, 3.8) is 0 Å². The highest BCUT2D eigenvalue weighted by Crippen LogP contribution is 2.07. The highest BCUT2D eigenvalue weighted by molar-refractivity contribution is 7.80. The number of thiol groups is 1. The Labute approximate surface area is 62.9 Å². The first kappa shape index (κ1) is 9.31. The van der Waals surface area contributed by atoms with E-state index in [1.165, 1.54) is 0 Å². The van der Waals surface area contributed by atoms with Gasteiger partial charge in [0, 0.05) is 0 Å². The lowest BCUT2D eigenvalue weighted by Crippen LogP contribution is -2.10. The van der Waals surface area contributed by atoms with Gasteiger partial charge in [0.1, 0.15) is 0 Å². The van der Waals surface area contributed by atoms with Crippen LogP contribution in [0.4, 0.5) is 0 Å². The van der Waals surface area contributed by atoms with Crippen molar-refractivity contribution >= 4 is 12.6 Å². The number of aliphatic hydroxyl groups is 1. The van der Waals surface area contributed by atoms with Crippen LogP contribution >= 0.6 is 12.6 Å². The first-order valence-electron chi connectivity index (χ1n) is 3.45. The molecular formula is C7H16OS. The molecule has 0 amide bonds. The Morgan fingerprint density at radius 2 is 2.00 bits per heavy atom. The summed E-state index contributed by atoms with van der Waals surface area (Å²) in [7, 11) is 0. The molecule has 0 rings (SSSR count). The molecule has 1 unspecified atom stereocenters. The third kappa shape index (κ3) is 6.19. The second-order valence-electron chi connectivity index (χ2n) is 2.80. The molecule has 56 valence electrons. The molecule has 1 nitrogen and oxygen atoms in total. The molecule has 1 atom stereocenters. The van der Waals surface area contributed by atoms with Crippen LogP contribution in [-0.2, 0) is 0 Å². The Kier molecular flexibility index (Phi) is 5.30. The average Bonchev–Trinajstić information content (AvgIpc) is 1.63.